The molecule has 1 N–H and O–H groups in total. The molecule has 1 aromatic heterocycles. The van der Waals surface area contributed by atoms with Gasteiger partial charge in [0.05, 0.1) is 6.04 Å². The van der Waals surface area contributed by atoms with Gasteiger partial charge in [0.1, 0.15) is 0 Å². The molecule has 1 unspecified atom stereocenters. The van der Waals surface area contributed by atoms with E-state index in [1.807, 2.05) is 23.1 Å². The number of nitrogens with one attached hydrogen (secondary N) is 1. The zero-order chi connectivity index (χ0) is 14.5. The summed E-state index contributed by atoms with van der Waals surface area (Å²) in [4.78, 5) is 14.5. The number of carbonyl (C=O) groups is 1. The van der Waals surface area contributed by atoms with E-state index in [1.54, 1.807) is 0 Å². The van der Waals surface area contributed by atoms with E-state index in [9.17, 15) is 4.79 Å². The summed E-state index contributed by atoms with van der Waals surface area (Å²) >= 11 is 0. The van der Waals surface area contributed by atoms with Crippen LogP contribution in [-0.2, 0) is 4.79 Å². The van der Waals surface area contributed by atoms with Gasteiger partial charge in [-0.05, 0) is 57.2 Å². The molecule has 0 bridgehead atoms. The third-order valence-electron chi connectivity index (χ3n) is 4.87. The smallest absolute Gasteiger partial charge is 0.222 e. The van der Waals surface area contributed by atoms with Crippen LogP contribution in [0.1, 0.15) is 44.6 Å². The summed E-state index contributed by atoms with van der Waals surface area (Å²) < 4.78 is 2.01. The summed E-state index contributed by atoms with van der Waals surface area (Å²) in [6.45, 7) is 3.98. The Balaban J connectivity index is 1.47. The molecule has 0 radical (unpaired) electrons. The Bertz CT molecular complexity index is 439. The van der Waals surface area contributed by atoms with E-state index >= 15 is 0 Å². The highest BCUT2D eigenvalue weighted by molar-refractivity contribution is 5.76. The van der Waals surface area contributed by atoms with Gasteiger partial charge in [-0.25, -0.2) is 0 Å². The molecule has 2 saturated heterocycles. The molecule has 2 aliphatic heterocycles. The Morgan fingerprint density at radius 3 is 2.90 bits per heavy atom. The fourth-order valence-electron chi connectivity index (χ4n) is 3.55. The summed E-state index contributed by atoms with van der Waals surface area (Å²) in [7, 11) is 0. The average molecular weight is 290 g/mol. The molecular formula is C16H26N4O. The quantitative estimate of drug-likeness (QED) is 0.920. The first-order chi connectivity index (χ1) is 10.3. The lowest BCUT2D eigenvalue weighted by atomic mass is 9.93. The molecular weight excluding hydrogens is 264 g/mol. The Labute approximate surface area is 126 Å². The van der Waals surface area contributed by atoms with Crippen molar-refractivity contribution in [2.45, 2.75) is 44.6 Å². The summed E-state index contributed by atoms with van der Waals surface area (Å²) in [6, 6.07) is 2.31. The Kier molecular flexibility index (Phi) is 4.91. The van der Waals surface area contributed by atoms with Crippen LogP contribution in [0.25, 0.3) is 0 Å². The van der Waals surface area contributed by atoms with Gasteiger partial charge in [-0.1, -0.05) is 0 Å². The van der Waals surface area contributed by atoms with Gasteiger partial charge in [0.2, 0.25) is 5.91 Å². The zero-order valence-electron chi connectivity index (χ0n) is 12.7. The number of nitrogens with zero attached hydrogens (tertiary/aromatic N) is 3. The van der Waals surface area contributed by atoms with Crippen molar-refractivity contribution in [1.29, 1.82) is 0 Å². The second kappa shape index (κ2) is 7.07. The van der Waals surface area contributed by atoms with Gasteiger partial charge in [0.25, 0.3) is 0 Å². The van der Waals surface area contributed by atoms with Crippen LogP contribution in [0.4, 0.5) is 0 Å². The van der Waals surface area contributed by atoms with E-state index in [4.69, 9.17) is 0 Å². The van der Waals surface area contributed by atoms with Crippen molar-refractivity contribution in [3.05, 3.63) is 18.5 Å². The first-order valence-corrected chi connectivity index (χ1v) is 8.30. The summed E-state index contributed by atoms with van der Waals surface area (Å²) in [5.74, 6) is 1.08. The van der Waals surface area contributed by atoms with Crippen molar-refractivity contribution in [3.8, 4) is 0 Å². The molecule has 21 heavy (non-hydrogen) atoms. The topological polar surface area (TPSA) is 50.2 Å². The highest BCUT2D eigenvalue weighted by Gasteiger charge is 2.25. The Hall–Kier alpha value is -1.36. The van der Waals surface area contributed by atoms with Crippen molar-refractivity contribution in [2.75, 3.05) is 26.2 Å². The van der Waals surface area contributed by atoms with Gasteiger partial charge < -0.3 is 10.2 Å². The largest absolute Gasteiger partial charge is 0.341 e. The number of piperidine rings is 2. The van der Waals surface area contributed by atoms with Crippen LogP contribution in [0.2, 0.25) is 0 Å². The number of likely N-dealkylation sites (tertiary alicyclic amines) is 1. The van der Waals surface area contributed by atoms with Crippen LogP contribution >= 0.6 is 0 Å². The van der Waals surface area contributed by atoms with Gasteiger partial charge in [0, 0.05) is 31.9 Å². The minimum atomic E-state index is 0.338. The summed E-state index contributed by atoms with van der Waals surface area (Å²) in [6.07, 6.45) is 10.3. The first kappa shape index (κ1) is 14.6. The SMILES string of the molecule is O=C(CCC1CCNCC1)N1CCCC(n2cccn2)C1. The van der Waals surface area contributed by atoms with Gasteiger partial charge >= 0.3 is 0 Å². The maximum atomic E-state index is 12.4. The first-order valence-electron chi connectivity index (χ1n) is 8.30. The summed E-state index contributed by atoms with van der Waals surface area (Å²) in [5.41, 5.74) is 0. The van der Waals surface area contributed by atoms with Gasteiger partial charge in [-0.2, -0.15) is 5.10 Å². The van der Waals surface area contributed by atoms with Crippen molar-refractivity contribution >= 4 is 5.91 Å². The number of aromatic nitrogens is 2. The fraction of sp³-hybridized carbons (Fsp3) is 0.750. The molecule has 3 heterocycles. The number of carbonyl (C=O) groups excluding carboxylic acids is 1. The van der Waals surface area contributed by atoms with Gasteiger partial charge in [-0.15, -0.1) is 0 Å². The molecule has 1 atom stereocenters. The predicted molar refractivity (Wildman–Crippen MR) is 81.9 cm³/mol. The highest BCUT2D eigenvalue weighted by atomic mass is 16.2. The molecule has 5 nitrogen and oxygen atoms in total. The van der Waals surface area contributed by atoms with Crippen LogP contribution in [-0.4, -0.2) is 46.8 Å². The molecule has 0 spiro atoms. The van der Waals surface area contributed by atoms with Gasteiger partial charge in [0.15, 0.2) is 0 Å². The third-order valence-corrected chi connectivity index (χ3v) is 4.87. The molecule has 0 aromatic carbocycles. The van der Waals surface area contributed by atoms with Crippen molar-refractivity contribution < 1.29 is 4.79 Å². The van der Waals surface area contributed by atoms with Crippen molar-refractivity contribution in [1.82, 2.24) is 20.0 Å². The maximum absolute atomic E-state index is 12.4. The summed E-state index contributed by atoms with van der Waals surface area (Å²) in [5, 5.41) is 7.71. The second-order valence-corrected chi connectivity index (χ2v) is 6.35. The van der Waals surface area contributed by atoms with Crippen LogP contribution in [0.5, 0.6) is 0 Å². The number of rotatable bonds is 4. The van der Waals surface area contributed by atoms with Gasteiger partial charge in [-0.3, -0.25) is 9.48 Å². The fourth-order valence-corrected chi connectivity index (χ4v) is 3.55. The standard InChI is InChI=1S/C16H26N4O/c21-16(5-4-14-6-9-17-10-7-14)19-11-1-3-15(13-19)20-12-2-8-18-20/h2,8,12,14-15,17H,1,3-7,9-11,13H2. The van der Waals surface area contributed by atoms with Crippen LogP contribution in [0, 0.1) is 5.92 Å². The molecule has 0 aliphatic carbocycles. The number of hydrogen-bond acceptors (Lipinski definition) is 3. The monoisotopic (exact) mass is 290 g/mol. The van der Waals surface area contributed by atoms with Crippen LogP contribution in [0.3, 0.4) is 0 Å². The molecule has 3 rings (SSSR count). The number of amides is 1. The van der Waals surface area contributed by atoms with Crippen LogP contribution < -0.4 is 5.32 Å². The molecule has 1 amide bonds. The number of hydrogen-bond donors (Lipinski definition) is 1. The van der Waals surface area contributed by atoms with Crippen LogP contribution in [0.15, 0.2) is 18.5 Å². The molecule has 2 fully saturated rings. The van der Waals surface area contributed by atoms with Crippen molar-refractivity contribution in [2.24, 2.45) is 5.92 Å². The second-order valence-electron chi connectivity index (χ2n) is 6.35. The lowest BCUT2D eigenvalue weighted by molar-refractivity contribution is -0.133. The van der Waals surface area contributed by atoms with Crippen molar-refractivity contribution in [3.63, 3.8) is 0 Å². The molecule has 2 aliphatic rings. The molecule has 116 valence electrons. The lowest BCUT2D eigenvalue weighted by Crippen LogP contribution is -2.41. The molecule has 1 aromatic rings. The third kappa shape index (κ3) is 3.84. The zero-order valence-corrected chi connectivity index (χ0v) is 12.7. The molecule has 5 heteroatoms. The minimum absolute atomic E-state index is 0.338. The van der Waals surface area contributed by atoms with E-state index in [2.05, 4.69) is 15.3 Å². The maximum Gasteiger partial charge on any atom is 0.222 e. The Morgan fingerprint density at radius 1 is 1.29 bits per heavy atom. The minimum Gasteiger partial charge on any atom is -0.341 e. The highest BCUT2D eigenvalue weighted by Crippen LogP contribution is 2.23. The Morgan fingerprint density at radius 2 is 2.14 bits per heavy atom. The normalized spacial score (nSPS) is 24.2. The van der Waals surface area contributed by atoms with E-state index < -0.39 is 0 Å². The average Bonchev–Trinajstić information content (AvgIpc) is 3.08. The van der Waals surface area contributed by atoms with E-state index in [1.165, 1.54) is 12.8 Å². The van der Waals surface area contributed by atoms with E-state index in [-0.39, 0.29) is 0 Å². The molecule has 0 saturated carbocycles. The lowest BCUT2D eigenvalue weighted by Gasteiger charge is -2.33. The predicted octanol–water partition coefficient (Wildman–Crippen LogP) is 1.83. The van der Waals surface area contributed by atoms with E-state index in [0.29, 0.717) is 11.9 Å². The van der Waals surface area contributed by atoms with E-state index in [0.717, 1.165) is 57.8 Å².